The van der Waals surface area contributed by atoms with E-state index in [2.05, 4.69) is 30.9 Å². The summed E-state index contributed by atoms with van der Waals surface area (Å²) in [7, 11) is -5.08. The minimum atomic E-state index is -5.08. The third kappa shape index (κ3) is 10.4. The van der Waals surface area contributed by atoms with Crippen LogP contribution in [0.4, 0.5) is 28.4 Å². The number of non-ortho nitro benzene ring substituents is 1. The summed E-state index contributed by atoms with van der Waals surface area (Å²) in [5, 5.41) is 63.8. The molecule has 5 aromatic rings. The Bertz CT molecular complexity index is 2450. The van der Waals surface area contributed by atoms with Crippen molar-refractivity contribution in [3.05, 3.63) is 140 Å². The largest absolute Gasteiger partial charge is 3.00 e. The molecule has 1 heterocycles. The molecule has 0 unspecified atom stereocenters. The van der Waals surface area contributed by atoms with Crippen molar-refractivity contribution in [2.75, 3.05) is 5.32 Å². The molecule has 4 aromatic carbocycles. The quantitative estimate of drug-likeness (QED) is 0.0376. The molecule has 0 saturated heterocycles. The van der Waals surface area contributed by atoms with Gasteiger partial charge in [0.15, 0.2) is 11.4 Å². The van der Waals surface area contributed by atoms with Crippen LogP contribution in [0.15, 0.2) is 139 Å². The van der Waals surface area contributed by atoms with Gasteiger partial charge < -0.3 is 25.4 Å². The molecule has 1 radical (unpaired) electrons. The summed E-state index contributed by atoms with van der Waals surface area (Å²) < 4.78 is 33.0. The van der Waals surface area contributed by atoms with E-state index in [1.54, 1.807) is 61.5 Å². The van der Waals surface area contributed by atoms with Gasteiger partial charge in [-0.3, -0.25) is 29.4 Å². The number of aryl methyl sites for hydroxylation is 1. The number of H-pyrrole nitrogens is 1. The number of carbonyl (C=O) groups excluding carboxylic acids is 2. The second-order valence-electron chi connectivity index (χ2n) is 10.5. The van der Waals surface area contributed by atoms with Gasteiger partial charge in [0.25, 0.3) is 27.3 Å². The molecular weight excluding hydrogens is 768 g/mol. The molecule has 1 aromatic heterocycles. The Kier molecular flexibility index (Phi) is 14.0. The van der Waals surface area contributed by atoms with Gasteiger partial charge in [0.2, 0.25) is 0 Å². The minimum Gasteiger partial charge on any atom is -0.870 e. The Morgan fingerprint density at radius 1 is 0.907 bits per heavy atom. The van der Waals surface area contributed by atoms with Gasteiger partial charge in [0.1, 0.15) is 5.76 Å². The van der Waals surface area contributed by atoms with E-state index in [0.29, 0.717) is 29.2 Å². The van der Waals surface area contributed by atoms with Gasteiger partial charge in [0.05, 0.1) is 38.5 Å². The number of carboxylic acids is 1. The Morgan fingerprint density at radius 2 is 1.50 bits per heavy atom. The molecule has 275 valence electrons. The van der Waals surface area contributed by atoms with Crippen molar-refractivity contribution in [2.45, 2.75) is 18.7 Å². The first-order valence-corrected chi connectivity index (χ1v) is 16.3. The molecule has 19 nitrogen and oxygen atoms in total. The number of amides is 1. The molecule has 1 amide bonds. The van der Waals surface area contributed by atoms with E-state index in [-0.39, 0.29) is 39.9 Å². The molecular formula is C33H26CrN8O11S+. The van der Waals surface area contributed by atoms with Gasteiger partial charge in [-0.2, -0.15) is 13.5 Å². The van der Waals surface area contributed by atoms with Crippen molar-refractivity contribution < 1.29 is 60.2 Å². The summed E-state index contributed by atoms with van der Waals surface area (Å²) >= 11 is 0. The van der Waals surface area contributed by atoms with Crippen molar-refractivity contribution in [1.29, 1.82) is 0 Å². The molecule has 4 N–H and O–H groups in total. The first-order valence-electron chi connectivity index (χ1n) is 14.8. The standard InChI is InChI=1S/C17H14N4O3.C16H14N4O8S.Cr/c1-11-15(16(22)21(20-11)12-7-3-2-4-8-12)19-18-14-10-6-5-9-13(14)17(23)24;1-9(21)14(16(23)17-10-5-3-2-4-6-10)19-18-12-7-11(20(24)25)8-13(15(12)22)29(26,27)28;/h2-10,20H,1H3,(H,23,24);2-8,21-22H,1H3,(H,17,23)(H,26,27,28);/q;;+3/p-2. The fraction of sp³-hybridized carbons (Fsp3) is 0.0606. The van der Waals surface area contributed by atoms with Crippen LogP contribution in [0, 0.1) is 17.0 Å². The van der Waals surface area contributed by atoms with Gasteiger partial charge in [0, 0.05) is 23.4 Å². The number of benzene rings is 4. The topological polar surface area (TPSA) is 297 Å². The molecule has 0 spiro atoms. The normalized spacial score (nSPS) is 11.6. The number of azo groups is 2. The number of aromatic nitrogens is 2. The SMILES string of the molecule is CC(O)=C(N=Nc1cc([N+](=O)[O-])cc(S(=O)(=O)O)c1[O-])C(=O)Nc1ccccc1.Cc1[nH]n(-c2ccccc2)c(=O)c1N=Nc1ccccc1C(=O)[O-].[Cr+3]. The number of rotatable bonds is 10. The number of aromatic amines is 1. The molecule has 0 bridgehead atoms. The number of nitrogens with one attached hydrogen (secondary N) is 2. The molecule has 5 rings (SSSR count). The first kappa shape index (κ1) is 41.6. The van der Waals surface area contributed by atoms with Crippen LogP contribution in [0.5, 0.6) is 5.75 Å². The summed E-state index contributed by atoms with van der Waals surface area (Å²) in [6.45, 7) is 2.80. The van der Waals surface area contributed by atoms with Crippen molar-refractivity contribution in [3.8, 4) is 11.4 Å². The summed E-state index contributed by atoms with van der Waals surface area (Å²) in [6.07, 6.45) is 0. The maximum atomic E-state index is 12.5. The maximum absolute atomic E-state index is 12.5. The summed E-state index contributed by atoms with van der Waals surface area (Å²) in [4.78, 5) is 44.5. The van der Waals surface area contributed by atoms with Gasteiger partial charge in [-0.1, -0.05) is 60.3 Å². The molecule has 0 aliphatic carbocycles. The van der Waals surface area contributed by atoms with Gasteiger partial charge >= 0.3 is 17.4 Å². The van der Waals surface area contributed by atoms with Crippen LogP contribution in [-0.4, -0.2) is 44.7 Å². The number of nitro groups is 1. The van der Waals surface area contributed by atoms with E-state index < -0.39 is 60.4 Å². The van der Waals surface area contributed by atoms with Crippen LogP contribution in [0.2, 0.25) is 0 Å². The fourth-order valence-corrected chi connectivity index (χ4v) is 4.90. The van der Waals surface area contributed by atoms with E-state index in [9.17, 15) is 48.2 Å². The molecule has 54 heavy (non-hydrogen) atoms. The molecule has 21 heteroatoms. The number of carbonyl (C=O) groups is 2. The van der Waals surface area contributed by atoms with E-state index >= 15 is 0 Å². The average Bonchev–Trinajstić information content (AvgIpc) is 3.40. The Morgan fingerprint density at radius 3 is 2.07 bits per heavy atom. The van der Waals surface area contributed by atoms with E-state index in [1.807, 2.05) is 18.2 Å². The van der Waals surface area contributed by atoms with Gasteiger partial charge in [-0.15, -0.1) is 15.3 Å². The number of carboxylic acid groups (broad SMARTS) is 1. The van der Waals surface area contributed by atoms with Crippen LogP contribution in [0.1, 0.15) is 23.0 Å². The number of nitrogens with zero attached hydrogens (tertiary/aromatic N) is 6. The molecule has 0 aliphatic rings. The van der Waals surface area contributed by atoms with Crippen LogP contribution < -0.4 is 21.1 Å². The Labute approximate surface area is 315 Å². The number of hydrogen-bond acceptors (Lipinski definition) is 14. The fourth-order valence-electron chi connectivity index (χ4n) is 4.29. The molecule has 0 saturated carbocycles. The monoisotopic (exact) mass is 794 g/mol. The minimum absolute atomic E-state index is 0. The Balaban J connectivity index is 0.000000289. The molecule has 0 atom stereocenters. The van der Waals surface area contributed by atoms with E-state index in [0.717, 1.165) is 6.92 Å². The third-order valence-corrected chi connectivity index (χ3v) is 7.65. The summed E-state index contributed by atoms with van der Waals surface area (Å²) in [5.41, 5.74) is -0.972. The number of nitro benzene ring substituents is 1. The summed E-state index contributed by atoms with van der Waals surface area (Å²) in [5.74, 6) is -4.22. The zero-order valence-corrected chi connectivity index (χ0v) is 29.9. The number of aromatic carboxylic acids is 1. The average molecular weight is 795 g/mol. The second-order valence-corrected chi connectivity index (χ2v) is 11.9. The maximum Gasteiger partial charge on any atom is 3.00 e. The zero-order chi connectivity index (χ0) is 38.9. The van der Waals surface area contributed by atoms with Crippen molar-refractivity contribution >= 4 is 50.4 Å². The van der Waals surface area contributed by atoms with Gasteiger partial charge in [-0.25, -0.2) is 4.68 Å². The van der Waals surface area contributed by atoms with Crippen molar-refractivity contribution in [1.82, 2.24) is 9.78 Å². The first-order chi connectivity index (χ1) is 25.1. The third-order valence-electron chi connectivity index (χ3n) is 6.79. The van der Waals surface area contributed by atoms with E-state index in [4.69, 9.17) is 4.55 Å². The number of allylic oxidation sites excluding steroid dienone is 1. The number of aliphatic hydroxyl groups is 1. The number of anilines is 1. The van der Waals surface area contributed by atoms with Crippen LogP contribution in [0.3, 0.4) is 0 Å². The van der Waals surface area contributed by atoms with Crippen molar-refractivity contribution in [2.24, 2.45) is 20.5 Å². The number of para-hydroxylation sites is 2. The smallest absolute Gasteiger partial charge is 0.870 e. The number of aliphatic hydroxyl groups excluding tert-OH is 1. The van der Waals surface area contributed by atoms with E-state index in [1.165, 1.54) is 16.8 Å². The molecule has 0 aliphatic heterocycles. The Hall–Kier alpha value is -6.79. The van der Waals surface area contributed by atoms with Crippen molar-refractivity contribution in [3.63, 3.8) is 0 Å². The zero-order valence-electron chi connectivity index (χ0n) is 27.8. The summed E-state index contributed by atoms with van der Waals surface area (Å²) in [6, 6.07) is 24.2. The van der Waals surface area contributed by atoms with Gasteiger partial charge in [-0.05, 0) is 44.2 Å². The van der Waals surface area contributed by atoms with Crippen LogP contribution in [-0.2, 0) is 32.3 Å². The predicted molar refractivity (Wildman–Crippen MR) is 183 cm³/mol. The molecule has 0 fully saturated rings. The second kappa shape index (κ2) is 18.1. The number of hydrogen-bond donors (Lipinski definition) is 4. The predicted octanol–water partition coefficient (Wildman–Crippen LogP) is 4.68. The van der Waals surface area contributed by atoms with Crippen LogP contribution in [0.25, 0.3) is 5.69 Å². The van der Waals surface area contributed by atoms with Crippen LogP contribution >= 0.6 is 0 Å².